The predicted molar refractivity (Wildman–Crippen MR) is 97.2 cm³/mol. The first-order valence-corrected chi connectivity index (χ1v) is 9.65. The Morgan fingerprint density at radius 1 is 1.42 bits per heavy atom. The van der Waals surface area contributed by atoms with Crippen molar-refractivity contribution in [3.8, 4) is 11.4 Å². The highest BCUT2D eigenvalue weighted by atomic mass is 35.5. The van der Waals surface area contributed by atoms with E-state index < -0.39 is 0 Å². The Morgan fingerprint density at radius 2 is 2.25 bits per heavy atom. The van der Waals surface area contributed by atoms with Crippen molar-refractivity contribution >= 4 is 29.3 Å². The summed E-state index contributed by atoms with van der Waals surface area (Å²) in [6.45, 7) is 3.02. The number of aromatic amines is 1. The molecule has 1 aromatic heterocycles. The molecule has 3 rings (SSSR count). The zero-order chi connectivity index (χ0) is 16.9. The largest absolute Gasteiger partial charge is 0.339 e. The molecule has 128 valence electrons. The molecule has 1 atom stereocenters. The van der Waals surface area contributed by atoms with E-state index in [9.17, 15) is 4.79 Å². The van der Waals surface area contributed by atoms with Gasteiger partial charge < -0.3 is 4.90 Å². The number of halogens is 1. The SMILES string of the molecule is CC[C@H]1CCCCN1C(=O)CSc1n[nH]c(-c2ccccc2Cl)n1. The molecule has 1 amide bonds. The Kier molecular flexibility index (Phi) is 5.79. The standard InChI is InChI=1S/C17H21ClN4OS/c1-2-12-7-5-6-10-22(12)15(23)11-24-17-19-16(20-21-17)13-8-3-4-9-14(13)18/h3-4,8-9,12H,2,5-7,10-11H2,1H3,(H,19,20,21)/t12-/m0/s1. The molecule has 1 N–H and O–H groups in total. The number of hydrogen-bond donors (Lipinski definition) is 1. The van der Waals surface area contributed by atoms with Crippen LogP contribution in [0, 0.1) is 0 Å². The molecule has 7 heteroatoms. The van der Waals surface area contributed by atoms with E-state index in [1.54, 1.807) is 0 Å². The highest BCUT2D eigenvalue weighted by Crippen LogP contribution is 2.26. The fourth-order valence-electron chi connectivity index (χ4n) is 3.05. The summed E-state index contributed by atoms with van der Waals surface area (Å²) in [4.78, 5) is 19.0. The number of H-pyrrole nitrogens is 1. The smallest absolute Gasteiger partial charge is 0.233 e. The maximum atomic E-state index is 12.5. The third-order valence-electron chi connectivity index (χ3n) is 4.34. The molecule has 2 aromatic rings. The third kappa shape index (κ3) is 3.92. The average molecular weight is 365 g/mol. The topological polar surface area (TPSA) is 61.9 Å². The second kappa shape index (κ2) is 8.03. The maximum absolute atomic E-state index is 12.5. The summed E-state index contributed by atoms with van der Waals surface area (Å²) in [6.07, 6.45) is 4.46. The van der Waals surface area contributed by atoms with Gasteiger partial charge >= 0.3 is 0 Å². The maximum Gasteiger partial charge on any atom is 0.233 e. The van der Waals surface area contributed by atoms with E-state index in [2.05, 4.69) is 22.1 Å². The summed E-state index contributed by atoms with van der Waals surface area (Å²) in [5, 5.41) is 8.28. The average Bonchev–Trinajstić information content (AvgIpc) is 3.08. The van der Waals surface area contributed by atoms with Gasteiger partial charge in [-0.3, -0.25) is 9.89 Å². The molecule has 24 heavy (non-hydrogen) atoms. The van der Waals surface area contributed by atoms with Gasteiger partial charge in [0.15, 0.2) is 5.82 Å². The van der Waals surface area contributed by atoms with Crippen LogP contribution in [-0.4, -0.2) is 44.3 Å². The lowest BCUT2D eigenvalue weighted by atomic mass is 10.0. The van der Waals surface area contributed by atoms with Crippen LogP contribution in [0.1, 0.15) is 32.6 Å². The molecule has 0 saturated carbocycles. The van der Waals surface area contributed by atoms with Crippen LogP contribution in [0.2, 0.25) is 5.02 Å². The second-order valence-electron chi connectivity index (χ2n) is 5.88. The molecular weight excluding hydrogens is 344 g/mol. The summed E-state index contributed by atoms with van der Waals surface area (Å²) >= 11 is 7.54. The van der Waals surface area contributed by atoms with Crippen LogP contribution in [0.25, 0.3) is 11.4 Å². The predicted octanol–water partition coefficient (Wildman–Crippen LogP) is 4.01. The molecule has 1 aliphatic rings. The minimum Gasteiger partial charge on any atom is -0.339 e. The van der Waals surface area contributed by atoms with Gasteiger partial charge in [0.05, 0.1) is 10.8 Å². The van der Waals surface area contributed by atoms with Crippen LogP contribution >= 0.6 is 23.4 Å². The van der Waals surface area contributed by atoms with Gasteiger partial charge in [0.25, 0.3) is 0 Å². The Morgan fingerprint density at radius 3 is 3.04 bits per heavy atom. The van der Waals surface area contributed by atoms with Crippen molar-refractivity contribution in [2.45, 2.75) is 43.8 Å². The number of nitrogens with one attached hydrogen (secondary N) is 1. The molecule has 1 aromatic carbocycles. The van der Waals surface area contributed by atoms with E-state index >= 15 is 0 Å². The first-order valence-electron chi connectivity index (χ1n) is 8.28. The highest BCUT2D eigenvalue weighted by Gasteiger charge is 2.25. The number of piperidine rings is 1. The van der Waals surface area contributed by atoms with E-state index in [1.165, 1.54) is 18.2 Å². The first-order chi connectivity index (χ1) is 11.7. The van der Waals surface area contributed by atoms with E-state index in [4.69, 9.17) is 11.6 Å². The molecule has 0 aliphatic carbocycles. The zero-order valence-electron chi connectivity index (χ0n) is 13.7. The summed E-state index contributed by atoms with van der Waals surface area (Å²) in [5.74, 6) is 1.17. The number of rotatable bonds is 5. The Labute approximate surface area is 151 Å². The summed E-state index contributed by atoms with van der Waals surface area (Å²) in [6, 6.07) is 7.87. The van der Waals surface area contributed by atoms with Crippen LogP contribution in [-0.2, 0) is 4.79 Å². The Hall–Kier alpha value is -1.53. The summed E-state index contributed by atoms with van der Waals surface area (Å²) < 4.78 is 0. The van der Waals surface area contributed by atoms with Gasteiger partial charge in [-0.2, -0.15) is 0 Å². The number of benzene rings is 1. The first kappa shape index (κ1) is 17.3. The lowest BCUT2D eigenvalue weighted by Gasteiger charge is -2.35. The van der Waals surface area contributed by atoms with Crippen LogP contribution in [0.15, 0.2) is 29.4 Å². The fraction of sp³-hybridized carbons (Fsp3) is 0.471. The summed E-state index contributed by atoms with van der Waals surface area (Å²) in [5.41, 5.74) is 0.812. The molecule has 5 nitrogen and oxygen atoms in total. The van der Waals surface area contributed by atoms with Crippen molar-refractivity contribution in [2.24, 2.45) is 0 Å². The van der Waals surface area contributed by atoms with Gasteiger partial charge in [0.1, 0.15) is 0 Å². The van der Waals surface area contributed by atoms with Gasteiger partial charge in [-0.15, -0.1) is 5.10 Å². The van der Waals surface area contributed by atoms with E-state index in [0.717, 1.165) is 31.4 Å². The van der Waals surface area contributed by atoms with Crippen molar-refractivity contribution in [1.29, 1.82) is 0 Å². The summed E-state index contributed by atoms with van der Waals surface area (Å²) in [7, 11) is 0. The van der Waals surface area contributed by atoms with E-state index in [1.807, 2.05) is 29.2 Å². The lowest BCUT2D eigenvalue weighted by molar-refractivity contribution is -0.132. The normalized spacial score (nSPS) is 17.9. The van der Waals surface area contributed by atoms with E-state index in [-0.39, 0.29) is 5.91 Å². The van der Waals surface area contributed by atoms with Crippen molar-refractivity contribution in [3.63, 3.8) is 0 Å². The number of thioether (sulfide) groups is 1. The van der Waals surface area contributed by atoms with Crippen LogP contribution in [0.4, 0.5) is 0 Å². The molecule has 0 spiro atoms. The van der Waals surface area contributed by atoms with Gasteiger partial charge in [-0.05, 0) is 37.8 Å². The van der Waals surface area contributed by atoms with Crippen LogP contribution < -0.4 is 0 Å². The number of likely N-dealkylation sites (tertiary alicyclic amines) is 1. The van der Waals surface area contributed by atoms with Gasteiger partial charge in [-0.25, -0.2) is 4.98 Å². The molecule has 0 unspecified atom stereocenters. The molecule has 1 fully saturated rings. The van der Waals surface area contributed by atoms with Crippen molar-refractivity contribution < 1.29 is 4.79 Å². The van der Waals surface area contributed by atoms with Gasteiger partial charge in [-0.1, -0.05) is 42.4 Å². The molecule has 0 bridgehead atoms. The van der Waals surface area contributed by atoms with Crippen molar-refractivity contribution in [1.82, 2.24) is 20.1 Å². The monoisotopic (exact) mass is 364 g/mol. The Balaban J connectivity index is 1.61. The Bertz CT molecular complexity index is 705. The molecule has 1 saturated heterocycles. The molecular formula is C17H21ClN4OS. The number of hydrogen-bond acceptors (Lipinski definition) is 4. The van der Waals surface area contributed by atoms with Crippen LogP contribution in [0.3, 0.4) is 0 Å². The van der Waals surface area contributed by atoms with Crippen molar-refractivity contribution in [3.05, 3.63) is 29.3 Å². The second-order valence-corrected chi connectivity index (χ2v) is 7.23. The fourth-order valence-corrected chi connectivity index (χ4v) is 3.96. The molecule has 0 radical (unpaired) electrons. The minimum atomic E-state index is 0.177. The molecule has 2 heterocycles. The highest BCUT2D eigenvalue weighted by molar-refractivity contribution is 7.99. The number of carbonyl (C=O) groups is 1. The van der Waals surface area contributed by atoms with Crippen LogP contribution in [0.5, 0.6) is 0 Å². The number of aromatic nitrogens is 3. The number of amides is 1. The van der Waals surface area contributed by atoms with Gasteiger partial charge in [0.2, 0.25) is 11.1 Å². The number of nitrogens with zero attached hydrogens (tertiary/aromatic N) is 3. The lowest BCUT2D eigenvalue weighted by Crippen LogP contribution is -2.44. The van der Waals surface area contributed by atoms with Crippen molar-refractivity contribution in [2.75, 3.05) is 12.3 Å². The van der Waals surface area contributed by atoms with E-state index in [0.29, 0.717) is 27.8 Å². The third-order valence-corrected chi connectivity index (χ3v) is 5.50. The molecule has 1 aliphatic heterocycles. The number of carbonyl (C=O) groups excluding carboxylic acids is 1. The quantitative estimate of drug-likeness (QED) is 0.814. The van der Waals surface area contributed by atoms with Gasteiger partial charge in [0, 0.05) is 18.2 Å². The minimum absolute atomic E-state index is 0.177. The zero-order valence-corrected chi connectivity index (χ0v) is 15.2.